The highest BCUT2D eigenvalue weighted by atomic mass is 16.5. The number of nitrogens with one attached hydrogen (secondary N) is 1. The van der Waals surface area contributed by atoms with Crippen molar-refractivity contribution in [2.75, 3.05) is 7.11 Å². The van der Waals surface area contributed by atoms with Gasteiger partial charge in [-0.15, -0.1) is 0 Å². The molecule has 0 aromatic carbocycles. The van der Waals surface area contributed by atoms with E-state index >= 15 is 0 Å². The highest BCUT2D eigenvalue weighted by Gasteiger charge is 2.10. The van der Waals surface area contributed by atoms with Crippen LogP contribution < -0.4 is 10.5 Å². The van der Waals surface area contributed by atoms with Gasteiger partial charge in [-0.25, -0.2) is 0 Å². The molecule has 0 saturated carbocycles. The Morgan fingerprint density at radius 1 is 1.54 bits per heavy atom. The van der Waals surface area contributed by atoms with Crippen LogP contribution in [0.15, 0.2) is 6.20 Å². The Bertz CT molecular complexity index is 347. The molecule has 0 atom stereocenters. The molecule has 70 valence electrons. The minimum Gasteiger partial charge on any atom is -0.496 e. The number of hydrogen-bond donors (Lipinski definition) is 2. The zero-order chi connectivity index (χ0) is 10.0. The predicted octanol–water partition coefficient (Wildman–Crippen LogP) is 0.991. The van der Waals surface area contributed by atoms with Gasteiger partial charge in [0.25, 0.3) is 0 Å². The summed E-state index contributed by atoms with van der Waals surface area (Å²) in [5, 5.41) is 7.28. The molecule has 3 N–H and O–H groups in total. The van der Waals surface area contributed by atoms with Crippen LogP contribution in [-0.2, 0) is 0 Å². The molecule has 0 aliphatic rings. The van der Waals surface area contributed by atoms with Gasteiger partial charge in [-0.05, 0) is 13.8 Å². The molecular formula is C9H13N3O. The summed E-state index contributed by atoms with van der Waals surface area (Å²) in [6, 6.07) is 0. The Labute approximate surface area is 77.2 Å². The molecule has 0 saturated heterocycles. The third kappa shape index (κ3) is 1.61. The quantitative estimate of drug-likeness (QED) is 0.525. The van der Waals surface area contributed by atoms with Crippen LogP contribution >= 0.6 is 0 Å². The normalized spacial score (nSPS) is 9.77. The van der Waals surface area contributed by atoms with Crippen molar-refractivity contribution >= 4 is 5.84 Å². The second kappa shape index (κ2) is 3.43. The fraction of sp³-hybridized carbons (Fsp3) is 0.333. The molecule has 0 aliphatic heterocycles. The van der Waals surface area contributed by atoms with Crippen molar-refractivity contribution in [3.05, 3.63) is 23.0 Å². The summed E-state index contributed by atoms with van der Waals surface area (Å²) < 4.78 is 5.17. The number of amidine groups is 1. The summed E-state index contributed by atoms with van der Waals surface area (Å²) in [4.78, 5) is 4.06. The SMILES string of the molecule is COc1c(C)cnc(C(=N)N)c1C. The Morgan fingerprint density at radius 3 is 2.62 bits per heavy atom. The molecule has 1 heterocycles. The summed E-state index contributed by atoms with van der Waals surface area (Å²) >= 11 is 0. The Kier molecular flexibility index (Phi) is 2.51. The molecule has 1 rings (SSSR count). The van der Waals surface area contributed by atoms with Crippen LogP contribution in [0.4, 0.5) is 0 Å². The van der Waals surface area contributed by atoms with Gasteiger partial charge in [-0.2, -0.15) is 0 Å². The van der Waals surface area contributed by atoms with Gasteiger partial charge >= 0.3 is 0 Å². The summed E-state index contributed by atoms with van der Waals surface area (Å²) in [6.45, 7) is 3.75. The van der Waals surface area contributed by atoms with Crippen LogP contribution in [0.25, 0.3) is 0 Å². The summed E-state index contributed by atoms with van der Waals surface area (Å²) in [7, 11) is 1.60. The second-order valence-electron chi connectivity index (χ2n) is 2.86. The molecule has 0 unspecified atom stereocenters. The predicted molar refractivity (Wildman–Crippen MR) is 51.3 cm³/mol. The molecule has 4 heteroatoms. The first-order valence-corrected chi connectivity index (χ1v) is 3.92. The van der Waals surface area contributed by atoms with E-state index in [2.05, 4.69) is 4.98 Å². The molecule has 0 bridgehead atoms. The number of methoxy groups -OCH3 is 1. The van der Waals surface area contributed by atoms with Crippen LogP contribution in [0.5, 0.6) is 5.75 Å². The van der Waals surface area contributed by atoms with Crippen LogP contribution in [0.2, 0.25) is 0 Å². The number of pyridine rings is 1. The maximum Gasteiger partial charge on any atom is 0.142 e. The van der Waals surface area contributed by atoms with E-state index in [1.165, 1.54) is 0 Å². The number of nitrogens with zero attached hydrogens (tertiary/aromatic N) is 1. The molecular weight excluding hydrogens is 166 g/mol. The number of hydrogen-bond acceptors (Lipinski definition) is 3. The largest absolute Gasteiger partial charge is 0.496 e. The van der Waals surface area contributed by atoms with Gasteiger partial charge in [-0.1, -0.05) is 0 Å². The van der Waals surface area contributed by atoms with Crippen molar-refractivity contribution in [3.63, 3.8) is 0 Å². The smallest absolute Gasteiger partial charge is 0.142 e. The minimum atomic E-state index is -0.0317. The lowest BCUT2D eigenvalue weighted by molar-refractivity contribution is 0.407. The van der Waals surface area contributed by atoms with E-state index in [0.29, 0.717) is 5.69 Å². The third-order valence-electron chi connectivity index (χ3n) is 1.90. The average molecular weight is 179 g/mol. The molecule has 0 spiro atoms. The molecule has 0 fully saturated rings. The van der Waals surface area contributed by atoms with Crippen LogP contribution in [0.1, 0.15) is 16.8 Å². The van der Waals surface area contributed by atoms with E-state index in [1.54, 1.807) is 13.3 Å². The van der Waals surface area contributed by atoms with E-state index in [9.17, 15) is 0 Å². The van der Waals surface area contributed by atoms with Gasteiger partial charge in [0, 0.05) is 17.3 Å². The van der Waals surface area contributed by atoms with Gasteiger partial charge in [0.15, 0.2) is 0 Å². The van der Waals surface area contributed by atoms with Gasteiger partial charge in [0.2, 0.25) is 0 Å². The van der Waals surface area contributed by atoms with E-state index in [-0.39, 0.29) is 5.84 Å². The fourth-order valence-corrected chi connectivity index (χ4v) is 1.31. The van der Waals surface area contributed by atoms with Crippen molar-refractivity contribution in [3.8, 4) is 5.75 Å². The van der Waals surface area contributed by atoms with Crippen molar-refractivity contribution in [2.45, 2.75) is 13.8 Å². The van der Waals surface area contributed by atoms with Gasteiger partial charge in [0.1, 0.15) is 17.3 Å². The Hall–Kier alpha value is -1.58. The van der Waals surface area contributed by atoms with Crippen LogP contribution in [-0.4, -0.2) is 17.9 Å². The molecule has 1 aromatic rings. The number of ether oxygens (including phenoxy) is 1. The van der Waals surface area contributed by atoms with Crippen molar-refractivity contribution in [2.24, 2.45) is 5.73 Å². The topological polar surface area (TPSA) is 72.0 Å². The lowest BCUT2D eigenvalue weighted by atomic mass is 10.1. The highest BCUT2D eigenvalue weighted by Crippen LogP contribution is 2.23. The first-order valence-electron chi connectivity index (χ1n) is 3.92. The fourth-order valence-electron chi connectivity index (χ4n) is 1.31. The van der Waals surface area contributed by atoms with Crippen molar-refractivity contribution < 1.29 is 4.74 Å². The maximum atomic E-state index is 7.28. The zero-order valence-corrected chi connectivity index (χ0v) is 8.01. The number of aryl methyl sites for hydroxylation is 1. The van der Waals surface area contributed by atoms with E-state index < -0.39 is 0 Å². The van der Waals surface area contributed by atoms with Gasteiger partial charge < -0.3 is 10.5 Å². The molecule has 1 aromatic heterocycles. The monoisotopic (exact) mass is 179 g/mol. The highest BCUT2D eigenvalue weighted by molar-refractivity contribution is 5.95. The van der Waals surface area contributed by atoms with Crippen LogP contribution in [0.3, 0.4) is 0 Å². The number of rotatable bonds is 2. The Morgan fingerprint density at radius 2 is 2.15 bits per heavy atom. The Balaban J connectivity index is 3.35. The van der Waals surface area contributed by atoms with E-state index in [1.807, 2.05) is 13.8 Å². The zero-order valence-electron chi connectivity index (χ0n) is 8.01. The summed E-state index contributed by atoms with van der Waals surface area (Å²) in [5.41, 5.74) is 7.61. The summed E-state index contributed by atoms with van der Waals surface area (Å²) in [6.07, 6.45) is 1.66. The standard InChI is InChI=1S/C9H13N3O/c1-5-4-12-7(9(10)11)6(2)8(5)13-3/h4H,1-3H3,(H3,10,11). The first kappa shape index (κ1) is 9.51. The number of nitrogens with two attached hydrogens (primary N) is 1. The molecule has 0 aliphatic carbocycles. The minimum absolute atomic E-state index is 0.0317. The number of aromatic nitrogens is 1. The van der Waals surface area contributed by atoms with Crippen LogP contribution in [0, 0.1) is 19.3 Å². The molecule has 0 amide bonds. The second-order valence-corrected chi connectivity index (χ2v) is 2.86. The maximum absolute atomic E-state index is 7.28. The molecule has 4 nitrogen and oxygen atoms in total. The first-order chi connectivity index (χ1) is 6.07. The molecule has 0 radical (unpaired) electrons. The third-order valence-corrected chi connectivity index (χ3v) is 1.90. The number of nitrogen functional groups attached to an aromatic ring is 1. The lowest BCUT2D eigenvalue weighted by Gasteiger charge is -2.10. The van der Waals surface area contributed by atoms with E-state index in [4.69, 9.17) is 15.9 Å². The van der Waals surface area contributed by atoms with Crippen molar-refractivity contribution in [1.29, 1.82) is 5.41 Å². The average Bonchev–Trinajstić information content (AvgIpc) is 2.04. The van der Waals surface area contributed by atoms with Gasteiger partial charge in [0.05, 0.1) is 7.11 Å². The lowest BCUT2D eigenvalue weighted by Crippen LogP contribution is -2.15. The van der Waals surface area contributed by atoms with E-state index in [0.717, 1.165) is 16.9 Å². The van der Waals surface area contributed by atoms with Crippen molar-refractivity contribution in [1.82, 2.24) is 4.98 Å². The summed E-state index contributed by atoms with van der Waals surface area (Å²) in [5.74, 6) is 0.719. The van der Waals surface area contributed by atoms with Gasteiger partial charge in [-0.3, -0.25) is 10.4 Å². The molecule has 13 heavy (non-hydrogen) atoms.